The molecule has 0 saturated carbocycles. The van der Waals surface area contributed by atoms with Gasteiger partial charge in [-0.1, -0.05) is 26.0 Å². The standard InChI is InChI=1S/C26H30FNO5/c1-16(2)15-33-26(30)25-17(3)28(14-18-7-6-8-20(27)9-18)24(29)13-23(25)19-10-21(31-4)12-22(11-19)32-5/h6-12,16,23H,13-15H2,1-5H3. The molecule has 0 N–H and O–H groups in total. The Morgan fingerprint density at radius 3 is 2.36 bits per heavy atom. The molecule has 0 fully saturated rings. The zero-order chi connectivity index (χ0) is 24.1. The van der Waals surface area contributed by atoms with Crippen LogP contribution >= 0.6 is 0 Å². The molecule has 0 radical (unpaired) electrons. The molecule has 6 nitrogen and oxygen atoms in total. The first-order chi connectivity index (χ1) is 15.7. The van der Waals surface area contributed by atoms with E-state index in [-0.39, 0.29) is 37.2 Å². The number of amides is 1. The van der Waals surface area contributed by atoms with Crippen molar-refractivity contribution in [2.75, 3.05) is 20.8 Å². The predicted molar refractivity (Wildman–Crippen MR) is 122 cm³/mol. The van der Waals surface area contributed by atoms with E-state index in [2.05, 4.69) is 0 Å². The lowest BCUT2D eigenvalue weighted by molar-refractivity contribution is -0.141. The average molecular weight is 456 g/mol. The van der Waals surface area contributed by atoms with Crippen LogP contribution in [0.3, 0.4) is 0 Å². The number of esters is 1. The largest absolute Gasteiger partial charge is 0.497 e. The van der Waals surface area contributed by atoms with Crippen molar-refractivity contribution in [2.24, 2.45) is 5.92 Å². The Morgan fingerprint density at radius 1 is 1.12 bits per heavy atom. The first kappa shape index (κ1) is 24.3. The number of benzene rings is 2. The fourth-order valence-electron chi connectivity index (χ4n) is 3.92. The molecule has 3 rings (SSSR count). The van der Waals surface area contributed by atoms with Crippen LogP contribution in [-0.4, -0.2) is 37.6 Å². The number of carbonyl (C=O) groups excluding carboxylic acids is 2. The molecule has 1 heterocycles. The Kier molecular flexibility index (Phi) is 7.74. The molecule has 0 bridgehead atoms. The summed E-state index contributed by atoms with van der Waals surface area (Å²) < 4.78 is 30.1. The van der Waals surface area contributed by atoms with Crippen LogP contribution in [0.1, 0.15) is 44.2 Å². The first-order valence-electron chi connectivity index (χ1n) is 10.9. The number of halogens is 1. The van der Waals surface area contributed by atoms with Gasteiger partial charge in [-0.25, -0.2) is 9.18 Å². The van der Waals surface area contributed by atoms with Crippen LogP contribution < -0.4 is 9.47 Å². The maximum atomic E-state index is 13.7. The monoisotopic (exact) mass is 455 g/mol. The molecule has 1 amide bonds. The fourth-order valence-corrected chi connectivity index (χ4v) is 3.92. The maximum Gasteiger partial charge on any atom is 0.336 e. The minimum Gasteiger partial charge on any atom is -0.497 e. The molecule has 0 saturated heterocycles. The van der Waals surface area contributed by atoms with Gasteiger partial charge >= 0.3 is 5.97 Å². The summed E-state index contributed by atoms with van der Waals surface area (Å²) in [6.45, 7) is 6.07. The molecule has 1 unspecified atom stereocenters. The number of allylic oxidation sites excluding steroid dienone is 1. The number of nitrogens with zero attached hydrogens (tertiary/aromatic N) is 1. The van der Waals surface area contributed by atoms with E-state index >= 15 is 0 Å². The third-order valence-corrected chi connectivity index (χ3v) is 5.60. The first-order valence-corrected chi connectivity index (χ1v) is 10.9. The zero-order valence-corrected chi connectivity index (χ0v) is 19.7. The summed E-state index contributed by atoms with van der Waals surface area (Å²) in [5, 5.41) is 0. The lowest BCUT2D eigenvalue weighted by atomic mass is 9.83. The minimum atomic E-state index is -0.523. The van der Waals surface area contributed by atoms with Gasteiger partial charge in [0, 0.05) is 24.1 Å². The molecular weight excluding hydrogens is 425 g/mol. The average Bonchev–Trinajstić information content (AvgIpc) is 2.79. The molecule has 2 aromatic carbocycles. The molecule has 33 heavy (non-hydrogen) atoms. The second-order valence-corrected chi connectivity index (χ2v) is 8.50. The number of carbonyl (C=O) groups is 2. The third-order valence-electron chi connectivity index (χ3n) is 5.60. The van der Waals surface area contributed by atoms with Gasteiger partial charge < -0.3 is 19.1 Å². The lowest BCUT2D eigenvalue weighted by Gasteiger charge is -2.35. The smallest absolute Gasteiger partial charge is 0.336 e. The molecule has 0 aliphatic carbocycles. The summed E-state index contributed by atoms with van der Waals surface area (Å²) in [7, 11) is 3.09. The van der Waals surface area contributed by atoms with Crippen LogP contribution in [0.15, 0.2) is 53.7 Å². The van der Waals surface area contributed by atoms with Crippen molar-refractivity contribution < 1.29 is 28.2 Å². The molecule has 7 heteroatoms. The van der Waals surface area contributed by atoms with Crippen molar-refractivity contribution in [3.8, 4) is 11.5 Å². The van der Waals surface area contributed by atoms with E-state index in [9.17, 15) is 14.0 Å². The van der Waals surface area contributed by atoms with E-state index in [1.807, 2.05) is 13.8 Å². The summed E-state index contributed by atoms with van der Waals surface area (Å²) in [5.74, 6) is -0.243. The molecule has 1 aliphatic heterocycles. The molecule has 1 atom stereocenters. The van der Waals surface area contributed by atoms with E-state index in [0.29, 0.717) is 28.3 Å². The summed E-state index contributed by atoms with van der Waals surface area (Å²) in [6, 6.07) is 11.4. The Morgan fingerprint density at radius 2 is 1.79 bits per heavy atom. The van der Waals surface area contributed by atoms with Crippen molar-refractivity contribution in [2.45, 2.75) is 39.7 Å². The van der Waals surface area contributed by atoms with Crippen molar-refractivity contribution in [1.29, 1.82) is 0 Å². The third kappa shape index (κ3) is 5.72. The predicted octanol–water partition coefficient (Wildman–Crippen LogP) is 4.83. The van der Waals surface area contributed by atoms with Crippen LogP contribution in [0.25, 0.3) is 0 Å². The number of hydrogen-bond acceptors (Lipinski definition) is 5. The van der Waals surface area contributed by atoms with Crippen LogP contribution in [0.4, 0.5) is 4.39 Å². The van der Waals surface area contributed by atoms with Crippen molar-refractivity contribution >= 4 is 11.9 Å². The van der Waals surface area contributed by atoms with Gasteiger partial charge in [0.25, 0.3) is 0 Å². The van der Waals surface area contributed by atoms with Crippen molar-refractivity contribution in [3.63, 3.8) is 0 Å². The van der Waals surface area contributed by atoms with Gasteiger partial charge in [0.15, 0.2) is 0 Å². The number of methoxy groups -OCH3 is 2. The molecule has 1 aliphatic rings. The highest BCUT2D eigenvalue weighted by atomic mass is 19.1. The van der Waals surface area contributed by atoms with Gasteiger partial charge in [0.05, 0.1) is 32.9 Å². The van der Waals surface area contributed by atoms with Crippen LogP contribution in [0.2, 0.25) is 0 Å². The zero-order valence-electron chi connectivity index (χ0n) is 19.7. The van der Waals surface area contributed by atoms with E-state index < -0.39 is 11.9 Å². The summed E-state index contributed by atoms with van der Waals surface area (Å²) >= 11 is 0. The SMILES string of the molecule is COc1cc(OC)cc(C2CC(=O)N(Cc3cccc(F)c3)C(C)=C2C(=O)OCC(C)C)c1. The van der Waals surface area contributed by atoms with Gasteiger partial charge in [-0.2, -0.15) is 0 Å². The highest BCUT2D eigenvalue weighted by molar-refractivity contribution is 5.96. The second kappa shape index (κ2) is 10.5. The number of ether oxygens (including phenoxy) is 3. The summed E-state index contributed by atoms with van der Waals surface area (Å²) in [6.07, 6.45) is 0.0646. The lowest BCUT2D eigenvalue weighted by Crippen LogP contribution is -2.38. The Hall–Kier alpha value is -3.35. The Bertz CT molecular complexity index is 1040. The van der Waals surface area contributed by atoms with E-state index in [1.165, 1.54) is 17.0 Å². The van der Waals surface area contributed by atoms with Gasteiger partial charge in [0.2, 0.25) is 5.91 Å². The van der Waals surface area contributed by atoms with E-state index in [4.69, 9.17) is 14.2 Å². The van der Waals surface area contributed by atoms with E-state index in [1.54, 1.807) is 51.5 Å². The van der Waals surface area contributed by atoms with Gasteiger partial charge in [-0.05, 0) is 48.2 Å². The summed E-state index contributed by atoms with van der Waals surface area (Å²) in [4.78, 5) is 28.0. The number of rotatable bonds is 8. The maximum absolute atomic E-state index is 13.7. The van der Waals surface area contributed by atoms with E-state index in [0.717, 1.165) is 5.56 Å². The topological polar surface area (TPSA) is 65.1 Å². The Balaban J connectivity index is 2.07. The Labute approximate surface area is 193 Å². The van der Waals surface area contributed by atoms with Crippen LogP contribution in [0.5, 0.6) is 11.5 Å². The quantitative estimate of drug-likeness (QED) is 0.534. The summed E-state index contributed by atoms with van der Waals surface area (Å²) in [5.41, 5.74) is 2.26. The molecule has 0 aromatic heterocycles. The second-order valence-electron chi connectivity index (χ2n) is 8.50. The van der Waals surface area contributed by atoms with Crippen molar-refractivity contribution in [3.05, 3.63) is 70.7 Å². The molecule has 2 aromatic rings. The molecule has 0 spiro atoms. The molecular formula is C26H30FNO5. The minimum absolute atomic E-state index is 0.0646. The normalized spacial score (nSPS) is 16.3. The highest BCUT2D eigenvalue weighted by Crippen LogP contribution is 2.40. The fraction of sp³-hybridized carbons (Fsp3) is 0.385. The van der Waals surface area contributed by atoms with Gasteiger partial charge in [0.1, 0.15) is 17.3 Å². The van der Waals surface area contributed by atoms with Crippen molar-refractivity contribution in [1.82, 2.24) is 4.90 Å². The number of hydrogen-bond donors (Lipinski definition) is 0. The highest BCUT2D eigenvalue weighted by Gasteiger charge is 2.37. The van der Waals surface area contributed by atoms with Gasteiger partial charge in [-0.3, -0.25) is 4.79 Å². The van der Waals surface area contributed by atoms with Gasteiger partial charge in [-0.15, -0.1) is 0 Å². The molecule has 176 valence electrons. The van der Waals surface area contributed by atoms with Crippen LogP contribution in [0, 0.1) is 11.7 Å². The van der Waals surface area contributed by atoms with Crippen LogP contribution in [-0.2, 0) is 20.9 Å².